The summed E-state index contributed by atoms with van der Waals surface area (Å²) in [7, 11) is 1.79. The topological polar surface area (TPSA) is 62.1 Å². The molecule has 0 aliphatic carbocycles. The van der Waals surface area contributed by atoms with Gasteiger partial charge < -0.3 is 14.8 Å². The highest BCUT2D eigenvalue weighted by Gasteiger charge is 2.30. The third kappa shape index (κ3) is 3.50. The first-order valence-electron chi connectivity index (χ1n) is 6.78. The smallest absolute Gasteiger partial charge is 0.263 e. The molecule has 20 heavy (non-hydrogen) atoms. The van der Waals surface area contributed by atoms with E-state index < -0.39 is 0 Å². The van der Waals surface area contributed by atoms with E-state index in [0.29, 0.717) is 5.71 Å². The summed E-state index contributed by atoms with van der Waals surface area (Å²) in [5, 5.41) is 11.7. The van der Waals surface area contributed by atoms with E-state index in [-0.39, 0.29) is 12.0 Å². The van der Waals surface area contributed by atoms with Crippen molar-refractivity contribution < 1.29 is 14.7 Å². The number of likely N-dealkylation sites (tertiary alicyclic amines) is 1. The highest BCUT2D eigenvalue weighted by atomic mass is 16.5. The number of benzene rings is 1. The third-order valence-corrected chi connectivity index (χ3v) is 3.53. The molecule has 0 aromatic heterocycles. The van der Waals surface area contributed by atoms with E-state index in [1.165, 1.54) is 0 Å². The van der Waals surface area contributed by atoms with Crippen LogP contribution in [0.25, 0.3) is 0 Å². The lowest BCUT2D eigenvalue weighted by Gasteiger charge is -2.13. The number of rotatable bonds is 5. The largest absolute Gasteiger partial charge is 0.481 e. The summed E-state index contributed by atoms with van der Waals surface area (Å²) in [4.78, 5) is 13.4. The van der Waals surface area contributed by atoms with Gasteiger partial charge in [-0.3, -0.25) is 4.79 Å². The van der Waals surface area contributed by atoms with Crippen LogP contribution in [0.1, 0.15) is 25.3 Å². The molecule has 0 saturated carbocycles. The van der Waals surface area contributed by atoms with E-state index in [2.05, 4.69) is 5.16 Å². The summed E-state index contributed by atoms with van der Waals surface area (Å²) in [6.07, 6.45) is 1.93. The number of carbonyl (C=O) groups is 1. The van der Waals surface area contributed by atoms with Crippen molar-refractivity contribution in [1.29, 1.82) is 0 Å². The van der Waals surface area contributed by atoms with Crippen molar-refractivity contribution in [2.24, 2.45) is 5.16 Å². The van der Waals surface area contributed by atoms with Gasteiger partial charge >= 0.3 is 0 Å². The molecule has 1 heterocycles. The Morgan fingerprint density at radius 3 is 2.70 bits per heavy atom. The van der Waals surface area contributed by atoms with Gasteiger partial charge in [0.2, 0.25) is 0 Å². The number of hydrogen-bond donors (Lipinski definition) is 1. The van der Waals surface area contributed by atoms with Crippen LogP contribution in [-0.4, -0.2) is 41.4 Å². The highest BCUT2D eigenvalue weighted by molar-refractivity contribution is 5.83. The minimum absolute atomic E-state index is 0.0452. The molecule has 1 atom stereocenters. The van der Waals surface area contributed by atoms with Crippen LogP contribution in [0, 0.1) is 0 Å². The predicted molar refractivity (Wildman–Crippen MR) is 76.3 cm³/mol. The van der Waals surface area contributed by atoms with Crippen LogP contribution < -0.4 is 4.74 Å². The van der Waals surface area contributed by atoms with Crippen molar-refractivity contribution in [2.45, 2.75) is 32.3 Å². The Hall–Kier alpha value is -2.04. The molecule has 0 bridgehead atoms. The molecule has 1 aromatic rings. The van der Waals surface area contributed by atoms with Crippen molar-refractivity contribution in [3.63, 3.8) is 0 Å². The maximum atomic E-state index is 11.8. The molecule has 1 aliphatic rings. The van der Waals surface area contributed by atoms with E-state index >= 15 is 0 Å². The molecule has 5 nitrogen and oxygen atoms in total. The highest BCUT2D eigenvalue weighted by Crippen LogP contribution is 2.19. The first kappa shape index (κ1) is 14.4. The van der Waals surface area contributed by atoms with Gasteiger partial charge in [0.1, 0.15) is 5.75 Å². The van der Waals surface area contributed by atoms with Crippen molar-refractivity contribution in [1.82, 2.24) is 4.90 Å². The van der Waals surface area contributed by atoms with Gasteiger partial charge in [-0.2, -0.15) is 0 Å². The first-order chi connectivity index (χ1) is 9.60. The average Bonchev–Trinajstić information content (AvgIpc) is 2.78. The monoisotopic (exact) mass is 276 g/mol. The molecule has 2 rings (SSSR count). The molecule has 1 amide bonds. The fourth-order valence-corrected chi connectivity index (χ4v) is 2.17. The van der Waals surface area contributed by atoms with Crippen molar-refractivity contribution in [3.05, 3.63) is 29.8 Å². The van der Waals surface area contributed by atoms with Crippen LogP contribution in [0.5, 0.6) is 5.75 Å². The molecule has 5 heteroatoms. The molecule has 1 fully saturated rings. The summed E-state index contributed by atoms with van der Waals surface area (Å²) < 4.78 is 5.70. The van der Waals surface area contributed by atoms with E-state index in [9.17, 15) is 4.79 Å². The standard InChI is InChI=1S/C15H20N2O3/c1-11(16-19)3-4-12-5-7-13(8-6-12)20-14-9-10-17(2)15(14)18/h5-8,14,19H,3-4,9-10H2,1-2H3. The van der Waals surface area contributed by atoms with Crippen molar-refractivity contribution in [3.8, 4) is 5.75 Å². The number of likely N-dealkylation sites (N-methyl/N-ethyl adjacent to an activating group) is 1. The summed E-state index contributed by atoms with van der Waals surface area (Å²) in [5.41, 5.74) is 1.86. The van der Waals surface area contributed by atoms with E-state index in [0.717, 1.165) is 37.1 Å². The van der Waals surface area contributed by atoms with Crippen LogP contribution in [0.4, 0.5) is 0 Å². The number of ether oxygens (including phenoxy) is 1. The molecule has 1 aromatic carbocycles. The SMILES string of the molecule is CC(CCc1ccc(OC2CCN(C)C2=O)cc1)=NO. The van der Waals surface area contributed by atoms with E-state index in [1.54, 1.807) is 18.9 Å². The molecule has 1 N–H and O–H groups in total. The van der Waals surface area contributed by atoms with Crippen molar-refractivity contribution in [2.75, 3.05) is 13.6 Å². The van der Waals surface area contributed by atoms with Crippen LogP contribution >= 0.6 is 0 Å². The van der Waals surface area contributed by atoms with Gasteiger partial charge in [0.15, 0.2) is 6.10 Å². The second-order valence-electron chi connectivity index (χ2n) is 5.13. The van der Waals surface area contributed by atoms with Crippen LogP contribution in [0.3, 0.4) is 0 Å². The minimum Gasteiger partial charge on any atom is -0.481 e. The van der Waals surface area contributed by atoms with Crippen LogP contribution in [-0.2, 0) is 11.2 Å². The van der Waals surface area contributed by atoms with Gasteiger partial charge in [0.25, 0.3) is 5.91 Å². The van der Waals surface area contributed by atoms with Gasteiger partial charge in [-0.05, 0) is 37.5 Å². The van der Waals surface area contributed by atoms with Crippen LogP contribution in [0.2, 0.25) is 0 Å². The number of carbonyl (C=O) groups excluding carboxylic acids is 1. The Morgan fingerprint density at radius 2 is 2.15 bits per heavy atom. The first-order valence-corrected chi connectivity index (χ1v) is 6.78. The minimum atomic E-state index is -0.352. The third-order valence-electron chi connectivity index (χ3n) is 3.53. The normalized spacial score (nSPS) is 19.5. The van der Waals surface area contributed by atoms with E-state index in [1.807, 2.05) is 24.3 Å². The molecular weight excluding hydrogens is 256 g/mol. The molecule has 1 unspecified atom stereocenters. The average molecular weight is 276 g/mol. The Labute approximate surface area is 118 Å². The van der Waals surface area contributed by atoms with Crippen molar-refractivity contribution >= 4 is 11.6 Å². The lowest BCUT2D eigenvalue weighted by atomic mass is 10.1. The number of amides is 1. The summed E-state index contributed by atoms with van der Waals surface area (Å²) in [5.74, 6) is 0.763. The number of oxime groups is 1. The maximum Gasteiger partial charge on any atom is 0.263 e. The van der Waals surface area contributed by atoms with Crippen LogP contribution in [0.15, 0.2) is 29.4 Å². The van der Waals surface area contributed by atoms with Gasteiger partial charge in [-0.1, -0.05) is 17.3 Å². The number of nitrogens with zero attached hydrogens (tertiary/aromatic N) is 2. The molecular formula is C15H20N2O3. The summed E-state index contributed by atoms with van der Waals surface area (Å²) in [6.45, 7) is 2.54. The van der Waals surface area contributed by atoms with Gasteiger partial charge in [0, 0.05) is 20.0 Å². The molecule has 0 spiro atoms. The zero-order valence-electron chi connectivity index (χ0n) is 11.9. The lowest BCUT2D eigenvalue weighted by molar-refractivity contribution is -0.132. The van der Waals surface area contributed by atoms with E-state index in [4.69, 9.17) is 9.94 Å². The fourth-order valence-electron chi connectivity index (χ4n) is 2.17. The molecule has 1 aliphatic heterocycles. The second kappa shape index (κ2) is 6.41. The maximum absolute atomic E-state index is 11.8. The number of aryl methyl sites for hydroxylation is 1. The Bertz CT molecular complexity index is 496. The molecule has 0 radical (unpaired) electrons. The lowest BCUT2D eigenvalue weighted by Crippen LogP contribution is -2.29. The Balaban J connectivity index is 1.90. The Morgan fingerprint density at radius 1 is 1.45 bits per heavy atom. The number of hydrogen-bond acceptors (Lipinski definition) is 4. The fraction of sp³-hybridized carbons (Fsp3) is 0.467. The predicted octanol–water partition coefficient (Wildman–Crippen LogP) is 2.08. The zero-order valence-corrected chi connectivity index (χ0v) is 11.9. The molecule has 108 valence electrons. The Kier molecular flexibility index (Phi) is 4.61. The van der Waals surface area contributed by atoms with Gasteiger partial charge in [-0.25, -0.2) is 0 Å². The zero-order chi connectivity index (χ0) is 14.5. The van der Waals surface area contributed by atoms with Gasteiger partial charge in [-0.15, -0.1) is 0 Å². The molecule has 1 saturated heterocycles. The summed E-state index contributed by atoms with van der Waals surface area (Å²) >= 11 is 0. The quantitative estimate of drug-likeness (QED) is 0.509. The second-order valence-corrected chi connectivity index (χ2v) is 5.13. The summed E-state index contributed by atoms with van der Waals surface area (Å²) in [6, 6.07) is 7.71. The van der Waals surface area contributed by atoms with Gasteiger partial charge in [0.05, 0.1) is 5.71 Å².